The molecule has 8 nitrogen and oxygen atoms in total. The second-order valence-electron chi connectivity index (χ2n) is 5.18. The van der Waals surface area contributed by atoms with Gasteiger partial charge < -0.3 is 9.51 Å². The third-order valence-electron chi connectivity index (χ3n) is 3.49. The van der Waals surface area contributed by atoms with Gasteiger partial charge in [0.1, 0.15) is 17.7 Å². The standard InChI is InChI=1S/C15H11FN6O2/c16-10-3-1-2-9(4-10)5-12-20-13(24-21-12)7-22-14-11(6-19-22)15(23)18-8-17-14/h1-4,6,8H,5,7H2,(H,17,18,23). The SMILES string of the molecule is O=c1[nH]cnc2c1cnn2Cc1nc(Cc2cccc(F)c2)no1. The molecule has 3 heterocycles. The fourth-order valence-corrected chi connectivity index (χ4v) is 2.40. The third kappa shape index (κ3) is 2.67. The summed E-state index contributed by atoms with van der Waals surface area (Å²) in [5, 5.41) is 8.38. The number of nitrogens with one attached hydrogen (secondary N) is 1. The smallest absolute Gasteiger partial charge is 0.261 e. The highest BCUT2D eigenvalue weighted by Crippen LogP contribution is 2.11. The van der Waals surface area contributed by atoms with Gasteiger partial charge in [-0.2, -0.15) is 10.1 Å². The first-order valence-corrected chi connectivity index (χ1v) is 7.14. The summed E-state index contributed by atoms with van der Waals surface area (Å²) < 4.78 is 19.9. The van der Waals surface area contributed by atoms with Gasteiger partial charge >= 0.3 is 0 Å². The predicted octanol–water partition coefficient (Wildman–Crippen LogP) is 1.28. The Morgan fingerprint density at radius 1 is 1.33 bits per heavy atom. The largest absolute Gasteiger partial charge is 0.337 e. The summed E-state index contributed by atoms with van der Waals surface area (Å²) in [5.74, 6) is 0.460. The highest BCUT2D eigenvalue weighted by Gasteiger charge is 2.12. The second-order valence-corrected chi connectivity index (χ2v) is 5.18. The molecule has 0 aliphatic rings. The van der Waals surface area contributed by atoms with E-state index < -0.39 is 0 Å². The molecule has 3 aromatic heterocycles. The van der Waals surface area contributed by atoms with Gasteiger partial charge in [0, 0.05) is 6.42 Å². The van der Waals surface area contributed by atoms with Gasteiger partial charge in [-0.05, 0) is 17.7 Å². The maximum Gasteiger partial charge on any atom is 0.261 e. The Bertz CT molecular complexity index is 1070. The second kappa shape index (κ2) is 5.69. The van der Waals surface area contributed by atoms with E-state index in [4.69, 9.17) is 4.52 Å². The molecule has 0 aliphatic carbocycles. The number of hydrogen-bond acceptors (Lipinski definition) is 6. The summed E-state index contributed by atoms with van der Waals surface area (Å²) >= 11 is 0. The molecule has 120 valence electrons. The van der Waals surface area contributed by atoms with Crippen molar-refractivity contribution < 1.29 is 8.91 Å². The number of H-pyrrole nitrogens is 1. The van der Waals surface area contributed by atoms with Crippen molar-refractivity contribution in [2.75, 3.05) is 0 Å². The Balaban J connectivity index is 1.56. The van der Waals surface area contributed by atoms with Gasteiger partial charge in [0.25, 0.3) is 5.56 Å². The van der Waals surface area contributed by atoms with E-state index in [0.29, 0.717) is 29.2 Å². The number of aromatic nitrogens is 6. The number of halogens is 1. The third-order valence-corrected chi connectivity index (χ3v) is 3.49. The van der Waals surface area contributed by atoms with Gasteiger partial charge in [-0.3, -0.25) is 4.79 Å². The van der Waals surface area contributed by atoms with Crippen LogP contribution in [0.15, 0.2) is 46.1 Å². The molecule has 0 saturated heterocycles. The average molecular weight is 326 g/mol. The molecule has 0 amide bonds. The van der Waals surface area contributed by atoms with Crippen LogP contribution in [0.4, 0.5) is 4.39 Å². The van der Waals surface area contributed by atoms with Crippen molar-refractivity contribution in [2.45, 2.75) is 13.0 Å². The molecule has 9 heteroatoms. The van der Waals surface area contributed by atoms with E-state index in [2.05, 4.69) is 25.2 Å². The quantitative estimate of drug-likeness (QED) is 0.606. The fraction of sp³-hybridized carbons (Fsp3) is 0.133. The van der Waals surface area contributed by atoms with Crippen molar-refractivity contribution in [1.82, 2.24) is 29.9 Å². The van der Waals surface area contributed by atoms with Crippen LogP contribution in [0.2, 0.25) is 0 Å². The molecule has 1 N–H and O–H groups in total. The number of fused-ring (bicyclic) bond motifs is 1. The van der Waals surface area contributed by atoms with Crippen molar-refractivity contribution >= 4 is 11.0 Å². The molecule has 0 fully saturated rings. The zero-order chi connectivity index (χ0) is 16.5. The van der Waals surface area contributed by atoms with Gasteiger partial charge in [0.15, 0.2) is 11.5 Å². The predicted molar refractivity (Wildman–Crippen MR) is 80.8 cm³/mol. The lowest BCUT2D eigenvalue weighted by Gasteiger charge is -1.97. The molecule has 0 aliphatic heterocycles. The van der Waals surface area contributed by atoms with E-state index in [9.17, 15) is 9.18 Å². The van der Waals surface area contributed by atoms with E-state index in [1.807, 2.05) is 0 Å². The molecule has 0 atom stereocenters. The topological polar surface area (TPSA) is 102 Å². The van der Waals surface area contributed by atoms with Gasteiger partial charge in [-0.15, -0.1) is 0 Å². The minimum absolute atomic E-state index is 0.191. The number of benzene rings is 1. The molecular weight excluding hydrogens is 315 g/mol. The lowest BCUT2D eigenvalue weighted by molar-refractivity contribution is 0.363. The summed E-state index contributed by atoms with van der Waals surface area (Å²) in [6, 6.07) is 6.22. The Hall–Kier alpha value is -3.36. The molecule has 0 radical (unpaired) electrons. The molecule has 0 unspecified atom stereocenters. The van der Waals surface area contributed by atoms with Gasteiger partial charge in [-0.1, -0.05) is 17.3 Å². The van der Waals surface area contributed by atoms with Crippen LogP contribution in [0, 0.1) is 5.82 Å². The van der Waals surface area contributed by atoms with Crippen LogP contribution in [0.5, 0.6) is 0 Å². The summed E-state index contributed by atoms with van der Waals surface area (Å²) in [4.78, 5) is 22.5. The molecule has 4 aromatic rings. The Kier molecular flexibility index (Phi) is 3.38. The van der Waals surface area contributed by atoms with Crippen molar-refractivity contribution in [3.8, 4) is 0 Å². The number of aromatic amines is 1. The monoisotopic (exact) mass is 326 g/mol. The van der Waals surface area contributed by atoms with E-state index in [1.54, 1.807) is 12.1 Å². The maximum absolute atomic E-state index is 13.2. The van der Waals surface area contributed by atoms with Crippen LogP contribution < -0.4 is 5.56 Å². The molecule has 4 rings (SSSR count). The highest BCUT2D eigenvalue weighted by atomic mass is 19.1. The van der Waals surface area contributed by atoms with Crippen LogP contribution in [0.3, 0.4) is 0 Å². The Morgan fingerprint density at radius 3 is 3.12 bits per heavy atom. The van der Waals surface area contributed by atoms with Gasteiger partial charge in [-0.25, -0.2) is 14.1 Å². The normalized spacial score (nSPS) is 11.2. The number of nitrogens with zero attached hydrogens (tertiary/aromatic N) is 5. The van der Waals surface area contributed by atoms with Crippen molar-refractivity contribution in [3.05, 3.63) is 70.2 Å². The van der Waals surface area contributed by atoms with E-state index in [1.165, 1.54) is 29.3 Å². The number of rotatable bonds is 4. The minimum atomic E-state index is -0.310. The Morgan fingerprint density at radius 2 is 2.25 bits per heavy atom. The van der Waals surface area contributed by atoms with Crippen molar-refractivity contribution in [1.29, 1.82) is 0 Å². The van der Waals surface area contributed by atoms with Crippen molar-refractivity contribution in [2.24, 2.45) is 0 Å². The number of hydrogen-bond donors (Lipinski definition) is 1. The van der Waals surface area contributed by atoms with Crippen LogP contribution >= 0.6 is 0 Å². The lowest BCUT2D eigenvalue weighted by Crippen LogP contribution is -2.08. The first-order chi connectivity index (χ1) is 11.7. The lowest BCUT2D eigenvalue weighted by atomic mass is 10.1. The molecule has 0 saturated carbocycles. The van der Waals surface area contributed by atoms with Gasteiger partial charge in [0.05, 0.1) is 12.5 Å². The maximum atomic E-state index is 13.2. The van der Waals surface area contributed by atoms with E-state index >= 15 is 0 Å². The van der Waals surface area contributed by atoms with Crippen LogP contribution in [-0.4, -0.2) is 29.9 Å². The average Bonchev–Trinajstić information content (AvgIpc) is 3.16. The van der Waals surface area contributed by atoms with Crippen molar-refractivity contribution in [3.63, 3.8) is 0 Å². The van der Waals surface area contributed by atoms with Crippen LogP contribution in [0.1, 0.15) is 17.3 Å². The first kappa shape index (κ1) is 14.2. The van der Waals surface area contributed by atoms with E-state index in [-0.39, 0.29) is 17.9 Å². The Labute approximate surface area is 134 Å². The molecule has 0 bridgehead atoms. The zero-order valence-electron chi connectivity index (χ0n) is 12.3. The zero-order valence-corrected chi connectivity index (χ0v) is 12.3. The molecule has 1 aromatic carbocycles. The minimum Gasteiger partial charge on any atom is -0.337 e. The van der Waals surface area contributed by atoms with E-state index in [0.717, 1.165) is 5.56 Å². The molecule has 24 heavy (non-hydrogen) atoms. The van der Waals surface area contributed by atoms with Crippen LogP contribution in [-0.2, 0) is 13.0 Å². The van der Waals surface area contributed by atoms with Crippen LogP contribution in [0.25, 0.3) is 11.0 Å². The summed E-state index contributed by atoms with van der Waals surface area (Å²) in [5.41, 5.74) is 0.923. The molecular formula is C15H11FN6O2. The molecule has 0 spiro atoms. The summed E-state index contributed by atoms with van der Waals surface area (Å²) in [7, 11) is 0. The highest BCUT2D eigenvalue weighted by molar-refractivity contribution is 5.72. The van der Waals surface area contributed by atoms with Gasteiger partial charge in [0.2, 0.25) is 5.89 Å². The summed E-state index contributed by atoms with van der Waals surface area (Å²) in [6.07, 6.45) is 3.11. The first-order valence-electron chi connectivity index (χ1n) is 7.14. The fourth-order valence-electron chi connectivity index (χ4n) is 2.40. The summed E-state index contributed by atoms with van der Waals surface area (Å²) in [6.45, 7) is 0.191.